The standard InChI is InChI=1S/C13H20BrNO/c1-4-13(3,9-16)8-15-12-6-5-11(14)7-10(12)2/h5-7,15-16H,4,8-9H2,1-3H3. The molecule has 0 aliphatic rings. The van der Waals surface area contributed by atoms with Crippen molar-refractivity contribution in [1.29, 1.82) is 0 Å². The second kappa shape index (κ2) is 5.69. The van der Waals surface area contributed by atoms with Crippen molar-refractivity contribution in [2.45, 2.75) is 27.2 Å². The molecular formula is C13H20BrNO. The van der Waals surface area contributed by atoms with E-state index in [0.717, 1.165) is 23.1 Å². The molecule has 3 heteroatoms. The molecule has 0 radical (unpaired) electrons. The van der Waals surface area contributed by atoms with Crippen LogP contribution < -0.4 is 5.32 Å². The van der Waals surface area contributed by atoms with E-state index in [1.54, 1.807) is 0 Å². The van der Waals surface area contributed by atoms with Gasteiger partial charge in [0.05, 0.1) is 6.61 Å². The molecule has 0 aromatic heterocycles. The van der Waals surface area contributed by atoms with Gasteiger partial charge in [0, 0.05) is 22.1 Å². The van der Waals surface area contributed by atoms with E-state index in [2.05, 4.69) is 54.2 Å². The number of halogens is 1. The Balaban J connectivity index is 2.67. The molecule has 0 amide bonds. The quantitative estimate of drug-likeness (QED) is 0.867. The molecule has 0 aliphatic carbocycles. The van der Waals surface area contributed by atoms with Gasteiger partial charge in [-0.3, -0.25) is 0 Å². The highest BCUT2D eigenvalue weighted by Gasteiger charge is 2.20. The monoisotopic (exact) mass is 285 g/mol. The van der Waals surface area contributed by atoms with Gasteiger partial charge in [-0.25, -0.2) is 0 Å². The number of rotatable bonds is 5. The van der Waals surface area contributed by atoms with Crippen LogP contribution >= 0.6 is 15.9 Å². The summed E-state index contributed by atoms with van der Waals surface area (Å²) in [7, 11) is 0. The summed E-state index contributed by atoms with van der Waals surface area (Å²) in [6, 6.07) is 6.18. The molecule has 0 fully saturated rings. The zero-order chi connectivity index (χ0) is 12.2. The van der Waals surface area contributed by atoms with Crippen LogP contribution in [0.5, 0.6) is 0 Å². The number of aliphatic hydroxyl groups is 1. The van der Waals surface area contributed by atoms with E-state index in [9.17, 15) is 5.11 Å². The molecule has 1 aromatic rings. The van der Waals surface area contributed by atoms with E-state index < -0.39 is 0 Å². The number of benzene rings is 1. The van der Waals surface area contributed by atoms with Gasteiger partial charge in [-0.1, -0.05) is 29.8 Å². The normalized spacial score (nSPS) is 14.6. The predicted molar refractivity (Wildman–Crippen MR) is 72.9 cm³/mol. The fourth-order valence-electron chi connectivity index (χ4n) is 1.43. The summed E-state index contributed by atoms with van der Waals surface area (Å²) in [6.07, 6.45) is 0.964. The van der Waals surface area contributed by atoms with E-state index >= 15 is 0 Å². The molecule has 0 saturated carbocycles. The topological polar surface area (TPSA) is 32.3 Å². The Labute approximate surface area is 106 Å². The molecule has 1 rings (SSSR count). The number of anilines is 1. The van der Waals surface area contributed by atoms with Crippen molar-refractivity contribution < 1.29 is 5.11 Å². The Morgan fingerprint density at radius 1 is 1.44 bits per heavy atom. The summed E-state index contributed by atoms with van der Waals surface area (Å²) >= 11 is 3.45. The SMILES string of the molecule is CCC(C)(CO)CNc1ccc(Br)cc1C. The van der Waals surface area contributed by atoms with Crippen molar-refractivity contribution in [2.24, 2.45) is 5.41 Å². The lowest BCUT2D eigenvalue weighted by Crippen LogP contribution is -2.29. The van der Waals surface area contributed by atoms with Gasteiger partial charge in [0.25, 0.3) is 0 Å². The van der Waals surface area contributed by atoms with Gasteiger partial charge in [-0.15, -0.1) is 0 Å². The third kappa shape index (κ3) is 3.49. The molecule has 0 aliphatic heterocycles. The Hall–Kier alpha value is -0.540. The summed E-state index contributed by atoms with van der Waals surface area (Å²) in [6.45, 7) is 7.28. The first-order valence-corrected chi connectivity index (χ1v) is 6.41. The first-order valence-electron chi connectivity index (χ1n) is 5.61. The second-order valence-electron chi connectivity index (χ2n) is 4.64. The summed E-state index contributed by atoms with van der Waals surface area (Å²) in [5.41, 5.74) is 2.31. The summed E-state index contributed by atoms with van der Waals surface area (Å²) in [4.78, 5) is 0. The minimum absolute atomic E-state index is 0.0421. The number of aliphatic hydroxyl groups excluding tert-OH is 1. The van der Waals surface area contributed by atoms with Crippen LogP contribution in [0.25, 0.3) is 0 Å². The Bertz CT molecular complexity index is 348. The first kappa shape index (κ1) is 13.5. The molecule has 1 atom stereocenters. The molecule has 1 aromatic carbocycles. The highest BCUT2D eigenvalue weighted by atomic mass is 79.9. The third-order valence-electron chi connectivity index (χ3n) is 3.13. The maximum Gasteiger partial charge on any atom is 0.0501 e. The van der Waals surface area contributed by atoms with Gasteiger partial charge in [0.15, 0.2) is 0 Å². The summed E-state index contributed by atoms with van der Waals surface area (Å²) < 4.78 is 1.09. The van der Waals surface area contributed by atoms with E-state index in [4.69, 9.17) is 0 Å². The van der Waals surface area contributed by atoms with Crippen LogP contribution in [0, 0.1) is 12.3 Å². The van der Waals surface area contributed by atoms with Gasteiger partial charge in [0.2, 0.25) is 0 Å². The van der Waals surface area contributed by atoms with Crippen molar-refractivity contribution in [3.05, 3.63) is 28.2 Å². The molecule has 0 bridgehead atoms. The molecule has 90 valence electrons. The minimum Gasteiger partial charge on any atom is -0.396 e. The van der Waals surface area contributed by atoms with Gasteiger partial charge < -0.3 is 10.4 Å². The molecule has 0 heterocycles. The van der Waals surface area contributed by atoms with Crippen LogP contribution in [0.15, 0.2) is 22.7 Å². The van der Waals surface area contributed by atoms with E-state index in [1.807, 2.05) is 6.07 Å². The van der Waals surface area contributed by atoms with Crippen molar-refractivity contribution in [3.63, 3.8) is 0 Å². The lowest BCUT2D eigenvalue weighted by Gasteiger charge is -2.26. The van der Waals surface area contributed by atoms with Gasteiger partial charge in [-0.05, 0) is 37.1 Å². The average molecular weight is 286 g/mol. The number of aryl methyl sites for hydroxylation is 1. The fraction of sp³-hybridized carbons (Fsp3) is 0.538. The molecule has 0 spiro atoms. The van der Waals surface area contributed by atoms with Crippen molar-refractivity contribution in [3.8, 4) is 0 Å². The Kier molecular flexibility index (Phi) is 4.81. The Morgan fingerprint density at radius 2 is 2.12 bits per heavy atom. The van der Waals surface area contributed by atoms with Crippen LogP contribution in [0.3, 0.4) is 0 Å². The van der Waals surface area contributed by atoms with Crippen LogP contribution in [-0.4, -0.2) is 18.3 Å². The average Bonchev–Trinajstić information content (AvgIpc) is 2.27. The van der Waals surface area contributed by atoms with Crippen molar-refractivity contribution in [2.75, 3.05) is 18.5 Å². The lowest BCUT2D eigenvalue weighted by atomic mass is 9.88. The minimum atomic E-state index is -0.0421. The van der Waals surface area contributed by atoms with Crippen LogP contribution in [0.4, 0.5) is 5.69 Å². The maximum atomic E-state index is 9.33. The molecular weight excluding hydrogens is 266 g/mol. The first-order chi connectivity index (χ1) is 7.50. The zero-order valence-electron chi connectivity index (χ0n) is 10.2. The van der Waals surface area contributed by atoms with Crippen molar-refractivity contribution in [1.82, 2.24) is 0 Å². The summed E-state index contributed by atoms with van der Waals surface area (Å²) in [5, 5.41) is 12.7. The molecule has 0 saturated heterocycles. The number of nitrogens with one attached hydrogen (secondary N) is 1. The lowest BCUT2D eigenvalue weighted by molar-refractivity contribution is 0.149. The highest BCUT2D eigenvalue weighted by Crippen LogP contribution is 2.24. The van der Waals surface area contributed by atoms with Crippen LogP contribution in [0.2, 0.25) is 0 Å². The molecule has 2 nitrogen and oxygen atoms in total. The van der Waals surface area contributed by atoms with Gasteiger partial charge >= 0.3 is 0 Å². The number of hydrogen-bond acceptors (Lipinski definition) is 2. The smallest absolute Gasteiger partial charge is 0.0501 e. The second-order valence-corrected chi connectivity index (χ2v) is 5.55. The van der Waals surface area contributed by atoms with Crippen LogP contribution in [-0.2, 0) is 0 Å². The highest BCUT2D eigenvalue weighted by molar-refractivity contribution is 9.10. The molecule has 16 heavy (non-hydrogen) atoms. The third-order valence-corrected chi connectivity index (χ3v) is 3.62. The fourth-order valence-corrected chi connectivity index (χ4v) is 1.90. The van der Waals surface area contributed by atoms with Gasteiger partial charge in [-0.2, -0.15) is 0 Å². The van der Waals surface area contributed by atoms with E-state index in [1.165, 1.54) is 5.56 Å². The molecule has 2 N–H and O–H groups in total. The number of hydrogen-bond donors (Lipinski definition) is 2. The zero-order valence-corrected chi connectivity index (χ0v) is 11.8. The van der Waals surface area contributed by atoms with Crippen LogP contribution in [0.1, 0.15) is 25.8 Å². The summed E-state index contributed by atoms with van der Waals surface area (Å²) in [5.74, 6) is 0. The predicted octanol–water partition coefficient (Wildman–Crippen LogP) is 3.58. The van der Waals surface area contributed by atoms with E-state index in [0.29, 0.717) is 0 Å². The maximum absolute atomic E-state index is 9.33. The molecule has 1 unspecified atom stereocenters. The Morgan fingerprint density at radius 3 is 2.62 bits per heavy atom. The van der Waals surface area contributed by atoms with Crippen molar-refractivity contribution >= 4 is 21.6 Å². The van der Waals surface area contributed by atoms with Gasteiger partial charge in [0.1, 0.15) is 0 Å². The largest absolute Gasteiger partial charge is 0.396 e. The van der Waals surface area contributed by atoms with E-state index in [-0.39, 0.29) is 12.0 Å².